The Kier molecular flexibility index (Phi) is 5.63. The molecule has 8 rings (SSSR count). The van der Waals surface area contributed by atoms with Crippen LogP contribution in [-0.4, -0.2) is 22.4 Å². The molecule has 2 aromatic carbocycles. The number of halogens is 1. The third-order valence-corrected chi connectivity index (χ3v) is 9.73. The molecule has 4 bridgehead atoms. The monoisotopic (exact) mass is 537 g/mol. The number of aryl methyl sites for hydroxylation is 1. The first-order valence-corrected chi connectivity index (χ1v) is 14.2. The highest BCUT2D eigenvalue weighted by Crippen LogP contribution is 2.60. The number of carbonyl (C=O) groups is 3. The minimum atomic E-state index is -0.858. The summed E-state index contributed by atoms with van der Waals surface area (Å²) >= 11 is 0. The normalized spacial score (nSPS) is 28.5. The van der Waals surface area contributed by atoms with Crippen LogP contribution in [0.2, 0.25) is 0 Å². The molecule has 4 saturated carbocycles. The molecule has 1 N–H and O–H groups in total. The number of rotatable bonds is 4. The van der Waals surface area contributed by atoms with Crippen LogP contribution in [-0.2, 0) is 15.0 Å². The molecule has 3 aromatic rings. The first-order chi connectivity index (χ1) is 19.2. The number of nitrogens with zero attached hydrogens (tertiary/aromatic N) is 2. The van der Waals surface area contributed by atoms with Gasteiger partial charge < -0.3 is 4.57 Å². The first-order valence-electron chi connectivity index (χ1n) is 14.2. The van der Waals surface area contributed by atoms with Crippen molar-refractivity contribution < 1.29 is 18.8 Å². The Hall–Kier alpha value is -4.00. The standard InChI is InChI=1S/C33H32FN3O3/c1-19-11-24(15-29-30(38)35-32(40)37(31(29)39)28-9-5-26(34)6-10-28)20(2)36(19)27-7-3-25(4-8-27)33-16-21-12-22(17-33)14-23(13-21)18-33/h3-11,15,21-23H,12-14,16-18H2,1-2H3,(H,35,38,40)/b29-15+. The van der Waals surface area contributed by atoms with Gasteiger partial charge in [0.1, 0.15) is 11.4 Å². The quantitative estimate of drug-likeness (QED) is 0.311. The fourth-order valence-electron chi connectivity index (χ4n) is 8.40. The highest BCUT2D eigenvalue weighted by molar-refractivity contribution is 6.39. The molecule has 5 fully saturated rings. The van der Waals surface area contributed by atoms with E-state index in [1.54, 1.807) is 0 Å². The predicted octanol–water partition coefficient (Wildman–Crippen LogP) is 6.37. The molecular weight excluding hydrogens is 505 g/mol. The Labute approximate surface area is 232 Å². The van der Waals surface area contributed by atoms with Gasteiger partial charge in [-0.2, -0.15) is 0 Å². The van der Waals surface area contributed by atoms with Gasteiger partial charge in [0.25, 0.3) is 11.8 Å². The molecule has 0 spiro atoms. The van der Waals surface area contributed by atoms with E-state index in [9.17, 15) is 18.8 Å². The van der Waals surface area contributed by atoms with Crippen molar-refractivity contribution in [3.63, 3.8) is 0 Å². The fourth-order valence-corrected chi connectivity index (χ4v) is 8.40. The molecule has 4 amide bonds. The van der Waals surface area contributed by atoms with Crippen LogP contribution in [0, 0.1) is 37.4 Å². The highest BCUT2D eigenvalue weighted by Gasteiger charge is 2.51. The molecule has 1 saturated heterocycles. The van der Waals surface area contributed by atoms with Crippen molar-refractivity contribution in [1.29, 1.82) is 0 Å². The average Bonchev–Trinajstić information content (AvgIpc) is 3.19. The Balaban J connectivity index is 1.19. The summed E-state index contributed by atoms with van der Waals surface area (Å²) in [6.45, 7) is 3.96. The van der Waals surface area contributed by atoms with E-state index in [2.05, 4.69) is 34.1 Å². The summed E-state index contributed by atoms with van der Waals surface area (Å²) in [6.07, 6.45) is 9.78. The van der Waals surface area contributed by atoms with E-state index in [1.165, 1.54) is 62.3 Å². The molecule has 2 heterocycles. The van der Waals surface area contributed by atoms with Gasteiger partial charge >= 0.3 is 6.03 Å². The lowest BCUT2D eigenvalue weighted by atomic mass is 9.48. The molecule has 4 aliphatic carbocycles. The van der Waals surface area contributed by atoms with E-state index in [-0.39, 0.29) is 11.3 Å². The van der Waals surface area contributed by atoms with Crippen LogP contribution < -0.4 is 10.2 Å². The number of amides is 4. The molecule has 5 aliphatic rings. The lowest BCUT2D eigenvalue weighted by Gasteiger charge is -2.57. The molecule has 0 unspecified atom stereocenters. The van der Waals surface area contributed by atoms with Crippen molar-refractivity contribution in [1.82, 2.24) is 9.88 Å². The number of aromatic nitrogens is 1. The number of nitrogens with one attached hydrogen (secondary N) is 1. The second-order valence-electron chi connectivity index (χ2n) is 12.3. The zero-order valence-electron chi connectivity index (χ0n) is 22.7. The van der Waals surface area contributed by atoms with Crippen molar-refractivity contribution >= 4 is 29.6 Å². The average molecular weight is 538 g/mol. The number of carbonyl (C=O) groups excluding carboxylic acids is 3. The number of anilines is 1. The van der Waals surface area contributed by atoms with E-state index < -0.39 is 23.7 Å². The van der Waals surface area contributed by atoms with Crippen LogP contribution in [0.5, 0.6) is 0 Å². The van der Waals surface area contributed by atoms with Crippen molar-refractivity contribution in [3.8, 4) is 5.69 Å². The third kappa shape index (κ3) is 3.94. The minimum Gasteiger partial charge on any atom is -0.318 e. The minimum absolute atomic E-state index is 0.152. The predicted molar refractivity (Wildman–Crippen MR) is 150 cm³/mol. The Bertz CT molecular complexity index is 1550. The van der Waals surface area contributed by atoms with E-state index >= 15 is 0 Å². The number of urea groups is 1. The van der Waals surface area contributed by atoms with E-state index in [0.29, 0.717) is 5.41 Å². The summed E-state index contributed by atoms with van der Waals surface area (Å²) in [6, 6.07) is 15.1. The van der Waals surface area contributed by atoms with Gasteiger partial charge in [0.05, 0.1) is 5.69 Å². The van der Waals surface area contributed by atoms with Crippen molar-refractivity contribution in [2.45, 2.75) is 57.8 Å². The van der Waals surface area contributed by atoms with Crippen LogP contribution in [0.15, 0.2) is 60.2 Å². The molecule has 204 valence electrons. The van der Waals surface area contributed by atoms with Gasteiger partial charge in [-0.05, 0) is 135 Å². The fraction of sp³-hybridized carbons (Fsp3) is 0.364. The number of barbiturate groups is 1. The molecule has 1 aliphatic heterocycles. The Morgan fingerprint density at radius 3 is 2.02 bits per heavy atom. The van der Waals surface area contributed by atoms with Crippen molar-refractivity contribution in [2.24, 2.45) is 17.8 Å². The van der Waals surface area contributed by atoms with Crippen LogP contribution >= 0.6 is 0 Å². The van der Waals surface area contributed by atoms with Gasteiger partial charge in [0.2, 0.25) is 0 Å². The third-order valence-electron chi connectivity index (χ3n) is 9.73. The summed E-state index contributed by atoms with van der Waals surface area (Å²) in [5.41, 5.74) is 5.46. The van der Waals surface area contributed by atoms with Crippen LogP contribution in [0.4, 0.5) is 14.9 Å². The summed E-state index contributed by atoms with van der Waals surface area (Å²) < 4.78 is 15.5. The van der Waals surface area contributed by atoms with Crippen LogP contribution in [0.3, 0.4) is 0 Å². The van der Waals surface area contributed by atoms with Gasteiger partial charge in [0, 0.05) is 17.1 Å². The molecule has 0 atom stereocenters. The van der Waals surface area contributed by atoms with Crippen LogP contribution in [0.25, 0.3) is 11.8 Å². The topological polar surface area (TPSA) is 71.4 Å². The molecular formula is C33H32FN3O3. The molecule has 6 nitrogen and oxygen atoms in total. The lowest BCUT2D eigenvalue weighted by molar-refractivity contribution is -0.122. The second kappa shape index (κ2) is 9.01. The van der Waals surface area contributed by atoms with Gasteiger partial charge in [-0.25, -0.2) is 14.1 Å². The summed E-state index contributed by atoms with van der Waals surface area (Å²) in [4.78, 5) is 39.3. The largest absolute Gasteiger partial charge is 0.335 e. The van der Waals surface area contributed by atoms with Crippen LogP contribution in [0.1, 0.15) is 61.0 Å². The van der Waals surface area contributed by atoms with Gasteiger partial charge in [-0.3, -0.25) is 14.9 Å². The van der Waals surface area contributed by atoms with E-state index in [1.807, 2.05) is 19.9 Å². The number of hydrogen-bond acceptors (Lipinski definition) is 3. The van der Waals surface area contributed by atoms with E-state index in [0.717, 1.165) is 57.4 Å². The maximum Gasteiger partial charge on any atom is 0.335 e. The van der Waals surface area contributed by atoms with Gasteiger partial charge in [-0.1, -0.05) is 12.1 Å². The van der Waals surface area contributed by atoms with Gasteiger partial charge in [-0.15, -0.1) is 0 Å². The summed E-state index contributed by atoms with van der Waals surface area (Å²) in [5, 5.41) is 2.23. The summed E-state index contributed by atoms with van der Waals surface area (Å²) in [5.74, 6) is 0.695. The number of hydrogen-bond donors (Lipinski definition) is 1. The maximum absolute atomic E-state index is 13.4. The van der Waals surface area contributed by atoms with E-state index in [4.69, 9.17) is 0 Å². The smallest absolute Gasteiger partial charge is 0.318 e. The molecule has 7 heteroatoms. The first kappa shape index (κ1) is 25.0. The highest BCUT2D eigenvalue weighted by atomic mass is 19.1. The Morgan fingerprint density at radius 2 is 1.43 bits per heavy atom. The zero-order valence-corrected chi connectivity index (χ0v) is 22.7. The molecule has 0 radical (unpaired) electrons. The Morgan fingerprint density at radius 1 is 0.850 bits per heavy atom. The summed E-state index contributed by atoms with van der Waals surface area (Å²) in [7, 11) is 0. The molecule has 1 aromatic heterocycles. The van der Waals surface area contributed by atoms with Crippen molar-refractivity contribution in [2.75, 3.05) is 4.90 Å². The second-order valence-corrected chi connectivity index (χ2v) is 12.3. The van der Waals surface area contributed by atoms with Gasteiger partial charge in [0.15, 0.2) is 0 Å². The zero-order chi connectivity index (χ0) is 27.8. The maximum atomic E-state index is 13.4. The number of imide groups is 2. The van der Waals surface area contributed by atoms with Crippen molar-refractivity contribution in [3.05, 3.63) is 88.5 Å². The number of benzene rings is 2. The lowest BCUT2D eigenvalue weighted by Crippen LogP contribution is -2.54. The molecule has 40 heavy (non-hydrogen) atoms. The SMILES string of the molecule is Cc1cc(/C=C2\C(=O)NC(=O)N(c3ccc(F)cc3)C2=O)c(C)n1-c1ccc(C23CC4CC(CC(C4)C2)C3)cc1.